The van der Waals surface area contributed by atoms with Crippen molar-refractivity contribution in [2.24, 2.45) is 0 Å². The van der Waals surface area contributed by atoms with Crippen molar-refractivity contribution in [2.75, 3.05) is 31.9 Å². The van der Waals surface area contributed by atoms with Gasteiger partial charge in [0.25, 0.3) is 17.7 Å². The van der Waals surface area contributed by atoms with E-state index in [1.807, 2.05) is 127 Å². The zero-order valence-corrected chi connectivity index (χ0v) is 34.7. The summed E-state index contributed by atoms with van der Waals surface area (Å²) in [6.07, 6.45) is 0. The Bertz CT molecular complexity index is 2270. The SMILES string of the molecule is O=C(Nc1ccccc1Nc1ccc(Br)cc1)c1cc(C(=O)Nc2ccccc2Nc2ccc(Br)cc2)cc(C(=O)Nc2ccccc2Nc2ccc(Br)cc2)c1. The Labute approximate surface area is 354 Å². The zero-order chi connectivity index (χ0) is 39.7. The van der Waals surface area contributed by atoms with Crippen LogP contribution in [0.2, 0.25) is 0 Å². The summed E-state index contributed by atoms with van der Waals surface area (Å²) in [5.41, 5.74) is 6.27. The van der Waals surface area contributed by atoms with E-state index in [2.05, 4.69) is 79.7 Å². The summed E-state index contributed by atoms with van der Waals surface area (Å²) in [6, 6.07) is 49.2. The van der Waals surface area contributed by atoms with Crippen LogP contribution >= 0.6 is 47.8 Å². The minimum atomic E-state index is -0.515. The van der Waals surface area contributed by atoms with E-state index in [1.54, 1.807) is 18.2 Å². The molecule has 6 N–H and O–H groups in total. The van der Waals surface area contributed by atoms with Crippen LogP contribution in [0.5, 0.6) is 0 Å². The van der Waals surface area contributed by atoms with Gasteiger partial charge < -0.3 is 31.9 Å². The molecule has 0 spiro atoms. The fraction of sp³-hybridized carbons (Fsp3) is 0. The van der Waals surface area contributed by atoms with Crippen LogP contribution in [0, 0.1) is 0 Å². The van der Waals surface area contributed by atoms with Crippen molar-refractivity contribution in [1.29, 1.82) is 0 Å². The topological polar surface area (TPSA) is 123 Å². The number of carbonyl (C=O) groups is 3. The highest BCUT2D eigenvalue weighted by molar-refractivity contribution is 9.11. The molecule has 0 aliphatic heterocycles. The zero-order valence-electron chi connectivity index (χ0n) is 29.9. The lowest BCUT2D eigenvalue weighted by atomic mass is 10.0. The first-order valence-corrected chi connectivity index (χ1v) is 20.0. The third-order valence-corrected chi connectivity index (χ3v) is 10.2. The lowest BCUT2D eigenvalue weighted by molar-refractivity contribution is 0.102. The maximum Gasteiger partial charge on any atom is 0.255 e. The fourth-order valence-electron chi connectivity index (χ4n) is 5.77. The summed E-state index contributed by atoms with van der Waals surface area (Å²) in [6.45, 7) is 0. The van der Waals surface area contributed by atoms with Gasteiger partial charge >= 0.3 is 0 Å². The van der Waals surface area contributed by atoms with Crippen molar-refractivity contribution in [2.45, 2.75) is 0 Å². The van der Waals surface area contributed by atoms with Crippen molar-refractivity contribution in [3.05, 3.63) is 194 Å². The van der Waals surface area contributed by atoms with Crippen molar-refractivity contribution < 1.29 is 14.4 Å². The molecule has 0 aliphatic rings. The molecule has 0 aromatic heterocycles. The molecule has 57 heavy (non-hydrogen) atoms. The maximum absolute atomic E-state index is 14.1. The highest BCUT2D eigenvalue weighted by Crippen LogP contribution is 2.30. The number of hydrogen-bond acceptors (Lipinski definition) is 6. The predicted molar refractivity (Wildman–Crippen MR) is 242 cm³/mol. The molecule has 0 heterocycles. The Morgan fingerprint density at radius 3 is 0.789 bits per heavy atom. The molecule has 0 bridgehead atoms. The van der Waals surface area contributed by atoms with Gasteiger partial charge in [0.15, 0.2) is 0 Å². The van der Waals surface area contributed by atoms with Crippen molar-refractivity contribution in [3.8, 4) is 0 Å². The second-order valence-electron chi connectivity index (χ2n) is 12.7. The molecule has 0 aliphatic carbocycles. The highest BCUT2D eigenvalue weighted by atomic mass is 79.9. The highest BCUT2D eigenvalue weighted by Gasteiger charge is 2.20. The van der Waals surface area contributed by atoms with Gasteiger partial charge in [-0.3, -0.25) is 14.4 Å². The number of para-hydroxylation sites is 6. The molecule has 0 fully saturated rings. The minimum absolute atomic E-state index is 0.105. The fourth-order valence-corrected chi connectivity index (χ4v) is 6.57. The lowest BCUT2D eigenvalue weighted by Gasteiger charge is -2.16. The molecule has 0 saturated carbocycles. The van der Waals surface area contributed by atoms with E-state index in [4.69, 9.17) is 0 Å². The van der Waals surface area contributed by atoms with E-state index in [0.29, 0.717) is 34.1 Å². The largest absolute Gasteiger partial charge is 0.354 e. The van der Waals surface area contributed by atoms with Crippen molar-refractivity contribution in [3.63, 3.8) is 0 Å². The second-order valence-corrected chi connectivity index (χ2v) is 15.4. The van der Waals surface area contributed by atoms with Crippen LogP contribution in [-0.2, 0) is 0 Å². The van der Waals surface area contributed by atoms with E-state index >= 15 is 0 Å². The number of halogens is 3. The minimum Gasteiger partial charge on any atom is -0.354 e. The summed E-state index contributed by atoms with van der Waals surface area (Å²) < 4.78 is 2.81. The van der Waals surface area contributed by atoms with E-state index in [1.165, 1.54) is 18.2 Å². The molecule has 282 valence electrons. The van der Waals surface area contributed by atoms with Gasteiger partial charge in [-0.2, -0.15) is 0 Å². The molecule has 3 amide bonds. The van der Waals surface area contributed by atoms with Gasteiger partial charge in [0.2, 0.25) is 0 Å². The van der Waals surface area contributed by atoms with Gasteiger partial charge in [0, 0.05) is 47.2 Å². The molecule has 0 radical (unpaired) electrons. The molecule has 9 nitrogen and oxygen atoms in total. The Balaban J connectivity index is 1.19. The van der Waals surface area contributed by atoms with Crippen LogP contribution in [0.1, 0.15) is 31.1 Å². The molecule has 12 heteroatoms. The number of hydrogen-bond donors (Lipinski definition) is 6. The molecule has 0 unspecified atom stereocenters. The first-order chi connectivity index (χ1) is 27.7. The van der Waals surface area contributed by atoms with Crippen molar-refractivity contribution >= 4 is 117 Å². The van der Waals surface area contributed by atoms with Crippen LogP contribution in [-0.4, -0.2) is 17.7 Å². The Morgan fingerprint density at radius 2 is 0.544 bits per heavy atom. The monoisotopic (exact) mass is 942 g/mol. The lowest BCUT2D eigenvalue weighted by Crippen LogP contribution is -2.20. The number of anilines is 9. The van der Waals surface area contributed by atoms with E-state index in [-0.39, 0.29) is 16.7 Å². The Kier molecular flexibility index (Phi) is 12.4. The van der Waals surface area contributed by atoms with Gasteiger partial charge in [-0.15, -0.1) is 0 Å². The van der Waals surface area contributed by atoms with Crippen LogP contribution in [0.15, 0.2) is 177 Å². The number of rotatable bonds is 12. The third kappa shape index (κ3) is 10.4. The smallest absolute Gasteiger partial charge is 0.255 e. The predicted octanol–water partition coefficient (Wildman–Crippen LogP) is 13.0. The average molecular weight is 946 g/mol. The van der Waals surface area contributed by atoms with Gasteiger partial charge in [0.1, 0.15) is 0 Å². The molecule has 7 rings (SSSR count). The van der Waals surface area contributed by atoms with E-state index < -0.39 is 17.7 Å². The normalized spacial score (nSPS) is 10.6. The molecular weight excluding hydrogens is 912 g/mol. The second kappa shape index (κ2) is 18.2. The standard InChI is InChI=1S/C45H33Br3N6O3/c46-31-13-19-34(20-14-31)49-37-7-1-4-10-40(37)52-43(55)28-25-29(44(56)53-41-11-5-2-8-38(41)50-35-21-15-32(47)16-22-35)27-30(26-28)45(57)54-42-12-6-3-9-39(42)51-36-23-17-33(48)18-24-36/h1-27,49-51H,(H,52,55)(H,53,56)(H,54,57). The summed E-state index contributed by atoms with van der Waals surface area (Å²) in [7, 11) is 0. The first kappa shape index (κ1) is 39.0. The number of nitrogens with one attached hydrogen (secondary N) is 6. The third-order valence-electron chi connectivity index (χ3n) is 8.62. The molecule has 0 saturated heterocycles. The average Bonchev–Trinajstić information content (AvgIpc) is 3.22. The van der Waals surface area contributed by atoms with E-state index in [0.717, 1.165) is 30.5 Å². The van der Waals surface area contributed by atoms with Crippen LogP contribution in [0.4, 0.5) is 51.2 Å². The quantitative estimate of drug-likeness (QED) is 0.0725. The molecule has 0 atom stereocenters. The Hall–Kier alpha value is -6.21. The van der Waals surface area contributed by atoms with Gasteiger partial charge in [0.05, 0.1) is 34.1 Å². The summed E-state index contributed by atoms with van der Waals surface area (Å²) in [4.78, 5) is 42.2. The molecule has 7 aromatic rings. The van der Waals surface area contributed by atoms with Crippen LogP contribution in [0.25, 0.3) is 0 Å². The Morgan fingerprint density at radius 1 is 0.316 bits per heavy atom. The summed E-state index contributed by atoms with van der Waals surface area (Å²) in [5, 5.41) is 18.9. The maximum atomic E-state index is 14.1. The number of carbonyl (C=O) groups excluding carboxylic acids is 3. The summed E-state index contributed by atoms with van der Waals surface area (Å²) in [5.74, 6) is -1.55. The number of benzene rings is 7. The van der Waals surface area contributed by atoms with Gasteiger partial charge in [-0.25, -0.2) is 0 Å². The summed E-state index contributed by atoms with van der Waals surface area (Å²) >= 11 is 10.4. The van der Waals surface area contributed by atoms with Crippen LogP contribution in [0.3, 0.4) is 0 Å². The van der Waals surface area contributed by atoms with Crippen LogP contribution < -0.4 is 31.9 Å². The number of amides is 3. The van der Waals surface area contributed by atoms with Crippen molar-refractivity contribution in [1.82, 2.24) is 0 Å². The molecule has 7 aromatic carbocycles. The van der Waals surface area contributed by atoms with Gasteiger partial charge in [-0.1, -0.05) is 84.2 Å². The first-order valence-electron chi connectivity index (χ1n) is 17.6. The van der Waals surface area contributed by atoms with E-state index in [9.17, 15) is 14.4 Å². The molecular formula is C45H33Br3N6O3. The van der Waals surface area contributed by atoms with Gasteiger partial charge in [-0.05, 0) is 127 Å².